The number of carbonyl (C=O) groups excluding carboxylic acids is 1. The van der Waals surface area contributed by atoms with E-state index in [9.17, 15) is 61.0 Å². The number of nitrogens with one attached hydrogen (secondary N) is 1. The summed E-state index contributed by atoms with van der Waals surface area (Å²) < 4.78 is 34.4. The average molecular weight is 1410 g/mol. The Labute approximate surface area is 602 Å². The molecule has 0 aromatic carbocycles. The van der Waals surface area contributed by atoms with Crippen molar-refractivity contribution in [2.75, 3.05) is 26.4 Å². The first-order valence-corrected chi connectivity index (χ1v) is 39.1. The summed E-state index contributed by atoms with van der Waals surface area (Å²) in [4.78, 5) is 13.5. The van der Waals surface area contributed by atoms with Gasteiger partial charge in [-0.1, -0.05) is 284 Å². The lowest BCUT2D eigenvalue weighted by Gasteiger charge is -2.48. The second kappa shape index (κ2) is 60.7. The molecule has 0 radical (unpaired) electrons. The number of hydrogen-bond acceptors (Lipinski definition) is 18. The molecule has 17 unspecified atom stereocenters. The van der Waals surface area contributed by atoms with Crippen LogP contribution in [0.4, 0.5) is 0 Å². The summed E-state index contributed by atoms with van der Waals surface area (Å²) in [7, 11) is 0. The second-order valence-electron chi connectivity index (χ2n) is 27.4. The molecule has 3 rings (SSSR count). The smallest absolute Gasteiger partial charge is 0.220 e. The monoisotopic (exact) mass is 1410 g/mol. The Kier molecular flexibility index (Phi) is 55.0. The Balaban J connectivity index is 1.38. The highest BCUT2D eigenvalue weighted by atomic mass is 16.8. The highest BCUT2D eigenvalue weighted by Crippen LogP contribution is 2.33. The molecule has 0 aromatic rings. The SMILES string of the molecule is CC/C=C\C/C=C\C/C=C\C/C=C\C/C=C\C/C=C\C/C=C\C/C=C\CCCCCCCCCCCCC(=O)NC(COC1OC(CO)C(OC2OC(CO)C(OC3OC(CO)C(O)C(O)C3O)C(O)C2O)C(O)C1O)C(O)/C=C/CCCCCCCCCCCCCCCCCCCC. The quantitative estimate of drug-likeness (QED) is 0.0199. The molecule has 0 spiro atoms. The Hall–Kier alpha value is -3.55. The van der Waals surface area contributed by atoms with Gasteiger partial charge in [-0.25, -0.2) is 0 Å². The van der Waals surface area contributed by atoms with E-state index in [1.54, 1.807) is 6.08 Å². The average Bonchev–Trinajstić information content (AvgIpc) is 0.783. The van der Waals surface area contributed by atoms with E-state index >= 15 is 0 Å². The maximum absolute atomic E-state index is 13.5. The van der Waals surface area contributed by atoms with Crippen molar-refractivity contribution in [1.29, 1.82) is 0 Å². The van der Waals surface area contributed by atoms with E-state index in [0.717, 1.165) is 109 Å². The minimum Gasteiger partial charge on any atom is -0.394 e. The topological polar surface area (TPSA) is 307 Å². The van der Waals surface area contributed by atoms with Gasteiger partial charge in [-0.05, 0) is 83.5 Å². The van der Waals surface area contributed by atoms with Crippen LogP contribution in [0.15, 0.2) is 109 Å². The van der Waals surface area contributed by atoms with Crippen LogP contribution < -0.4 is 5.32 Å². The predicted octanol–water partition coefficient (Wildman–Crippen LogP) is 12.6. The van der Waals surface area contributed by atoms with Crippen LogP contribution in [0, 0.1) is 0 Å². The first-order chi connectivity index (χ1) is 48.8. The molecule has 0 bridgehead atoms. The van der Waals surface area contributed by atoms with Crippen molar-refractivity contribution >= 4 is 5.91 Å². The molecule has 0 saturated carbocycles. The maximum atomic E-state index is 13.5. The van der Waals surface area contributed by atoms with E-state index < -0.39 is 124 Å². The minimum atomic E-state index is -1.98. The molecular formula is C81H139NO18. The van der Waals surface area contributed by atoms with Crippen LogP contribution in [0.5, 0.6) is 0 Å². The van der Waals surface area contributed by atoms with Crippen molar-refractivity contribution in [3.05, 3.63) is 109 Å². The molecule has 100 heavy (non-hydrogen) atoms. The van der Waals surface area contributed by atoms with E-state index in [2.05, 4.69) is 116 Å². The van der Waals surface area contributed by atoms with Crippen molar-refractivity contribution < 1.29 is 89.4 Å². The van der Waals surface area contributed by atoms with Gasteiger partial charge in [0, 0.05) is 6.42 Å². The van der Waals surface area contributed by atoms with Gasteiger partial charge in [0.25, 0.3) is 0 Å². The van der Waals surface area contributed by atoms with Crippen LogP contribution in [-0.4, -0.2) is 193 Å². The summed E-state index contributed by atoms with van der Waals surface area (Å²) in [6, 6.07) is -0.984. The molecule has 17 atom stereocenters. The number of aliphatic hydroxyl groups excluding tert-OH is 11. The molecule has 3 aliphatic rings. The number of hydrogen-bond donors (Lipinski definition) is 12. The molecule has 3 fully saturated rings. The van der Waals surface area contributed by atoms with E-state index in [4.69, 9.17) is 28.4 Å². The maximum Gasteiger partial charge on any atom is 0.220 e. The number of amides is 1. The van der Waals surface area contributed by atoms with E-state index in [1.165, 1.54) is 128 Å². The fraction of sp³-hybridized carbons (Fsp3) is 0.765. The van der Waals surface area contributed by atoms with Crippen molar-refractivity contribution in [3.8, 4) is 0 Å². The third-order valence-corrected chi connectivity index (χ3v) is 18.8. The summed E-state index contributed by atoms with van der Waals surface area (Å²) in [5, 5.41) is 121. The number of allylic oxidation sites excluding steroid dienone is 17. The third-order valence-electron chi connectivity index (χ3n) is 18.8. The van der Waals surface area contributed by atoms with Crippen LogP contribution in [-0.2, 0) is 33.2 Å². The summed E-state index contributed by atoms with van der Waals surface area (Å²) >= 11 is 0. The predicted molar refractivity (Wildman–Crippen MR) is 397 cm³/mol. The lowest BCUT2D eigenvalue weighted by Crippen LogP contribution is -2.66. The largest absolute Gasteiger partial charge is 0.394 e. The van der Waals surface area contributed by atoms with Crippen molar-refractivity contribution in [2.24, 2.45) is 0 Å². The first-order valence-electron chi connectivity index (χ1n) is 39.1. The van der Waals surface area contributed by atoms with E-state index in [0.29, 0.717) is 6.42 Å². The van der Waals surface area contributed by atoms with Gasteiger partial charge < -0.3 is 89.9 Å². The zero-order chi connectivity index (χ0) is 72.5. The molecule has 0 aromatic heterocycles. The van der Waals surface area contributed by atoms with Crippen molar-refractivity contribution in [3.63, 3.8) is 0 Å². The minimum absolute atomic E-state index is 0.232. The molecule has 19 nitrogen and oxygen atoms in total. The molecule has 3 heterocycles. The molecule has 3 saturated heterocycles. The molecule has 12 N–H and O–H groups in total. The van der Waals surface area contributed by atoms with Gasteiger partial charge in [0.2, 0.25) is 5.91 Å². The van der Waals surface area contributed by atoms with Crippen LogP contribution in [0.1, 0.15) is 264 Å². The summed E-state index contributed by atoms with van der Waals surface area (Å²) in [5.74, 6) is -0.283. The van der Waals surface area contributed by atoms with Gasteiger partial charge in [0.05, 0.1) is 38.6 Å². The third kappa shape index (κ3) is 40.6. The van der Waals surface area contributed by atoms with Gasteiger partial charge in [0.1, 0.15) is 73.2 Å². The molecule has 19 heteroatoms. The first kappa shape index (κ1) is 90.7. The Morgan fingerprint density at radius 3 is 1.08 bits per heavy atom. The molecule has 1 amide bonds. The highest BCUT2D eigenvalue weighted by Gasteiger charge is 2.53. The summed E-state index contributed by atoms with van der Waals surface area (Å²) in [5.41, 5.74) is 0. The zero-order valence-corrected chi connectivity index (χ0v) is 61.4. The standard InChI is InChI=1S/C81H139NO18/c1-3-5-7-9-11-13-15-17-19-21-23-25-26-27-28-29-30-31-32-33-34-35-36-37-38-39-41-43-45-47-49-51-53-55-57-59-69(87)82-64(65(86)58-56-54-52-50-48-46-44-42-40-24-22-20-18-16-14-12-10-8-6-4-2)63-95-79-75(93)72(90)77(67(61-84)97-79)100-81-76(94)73(91)78(68(62-85)98-81)99-80-74(92)71(89)70(88)66(60-83)96-80/h5,7,11,13,17,19,23,25,27-28,30-31,33-34,36-37,56,58,64-68,70-81,83-86,88-94H,3-4,6,8-10,12,14-16,18,20-22,24,26,29,32,35,38-55,57,59-63H2,1-2H3,(H,82,87)/b7-5-,13-11-,19-17-,25-23-,28-27-,31-30-,34-33-,37-36-,58-56+. The van der Waals surface area contributed by atoms with Gasteiger partial charge in [0.15, 0.2) is 18.9 Å². The number of aliphatic hydroxyl groups is 11. The highest BCUT2D eigenvalue weighted by molar-refractivity contribution is 5.76. The summed E-state index contributed by atoms with van der Waals surface area (Å²) in [6.45, 7) is 1.63. The second-order valence-corrected chi connectivity index (χ2v) is 27.4. The van der Waals surface area contributed by atoms with E-state index in [1.807, 2.05) is 6.08 Å². The van der Waals surface area contributed by atoms with Gasteiger partial charge in [-0.3, -0.25) is 4.79 Å². The Morgan fingerprint density at radius 1 is 0.370 bits per heavy atom. The Bertz CT molecular complexity index is 2230. The lowest BCUT2D eigenvalue weighted by atomic mass is 9.96. The van der Waals surface area contributed by atoms with Crippen LogP contribution in [0.3, 0.4) is 0 Å². The molecular weight excluding hydrogens is 1270 g/mol. The van der Waals surface area contributed by atoms with Crippen molar-refractivity contribution in [1.82, 2.24) is 5.32 Å². The van der Waals surface area contributed by atoms with Crippen LogP contribution in [0.2, 0.25) is 0 Å². The van der Waals surface area contributed by atoms with Gasteiger partial charge >= 0.3 is 0 Å². The molecule has 576 valence electrons. The summed E-state index contributed by atoms with van der Waals surface area (Å²) in [6.07, 6.45) is 56.3. The van der Waals surface area contributed by atoms with Crippen LogP contribution >= 0.6 is 0 Å². The van der Waals surface area contributed by atoms with Gasteiger partial charge in [-0.2, -0.15) is 0 Å². The normalized spacial score (nSPS) is 27.1. The fourth-order valence-electron chi connectivity index (χ4n) is 12.6. The number of carbonyl (C=O) groups is 1. The van der Waals surface area contributed by atoms with Crippen molar-refractivity contribution in [2.45, 2.75) is 369 Å². The molecule has 0 aliphatic carbocycles. The molecule has 3 aliphatic heterocycles. The van der Waals surface area contributed by atoms with Crippen LogP contribution in [0.25, 0.3) is 0 Å². The van der Waals surface area contributed by atoms with E-state index in [-0.39, 0.29) is 18.9 Å². The number of rotatable bonds is 60. The number of unbranched alkanes of at least 4 members (excludes halogenated alkanes) is 28. The Morgan fingerprint density at radius 2 is 0.690 bits per heavy atom. The zero-order valence-electron chi connectivity index (χ0n) is 61.4. The van der Waals surface area contributed by atoms with Gasteiger partial charge in [-0.15, -0.1) is 0 Å². The lowest BCUT2D eigenvalue weighted by molar-refractivity contribution is -0.379. The fourth-order valence-corrected chi connectivity index (χ4v) is 12.6. The number of ether oxygens (including phenoxy) is 6.